The van der Waals surface area contributed by atoms with Gasteiger partial charge < -0.3 is 14.3 Å². The number of rotatable bonds is 5. The number of aromatic nitrogens is 1. The number of nitrogens with zero attached hydrogens (tertiary/aromatic N) is 3. The molecule has 5 heteroatoms. The highest BCUT2D eigenvalue weighted by atomic mass is 16.5. The number of anilines is 1. The van der Waals surface area contributed by atoms with E-state index in [-0.39, 0.29) is 5.91 Å². The van der Waals surface area contributed by atoms with Gasteiger partial charge in [-0.1, -0.05) is 53.7 Å². The Morgan fingerprint density at radius 1 is 0.926 bits per heavy atom. The Morgan fingerprint density at radius 3 is 2.30 bits per heavy atom. The number of benzene rings is 2. The smallest absolute Gasteiger partial charge is 0.223 e. The van der Waals surface area contributed by atoms with Gasteiger partial charge in [0.25, 0.3) is 0 Å². The first kappa shape index (κ1) is 17.3. The molecule has 1 fully saturated rings. The van der Waals surface area contributed by atoms with Gasteiger partial charge in [0.15, 0.2) is 0 Å². The van der Waals surface area contributed by atoms with E-state index in [1.54, 1.807) is 0 Å². The largest absolute Gasteiger partial charge is 0.368 e. The Bertz CT molecular complexity index is 869. The first-order chi connectivity index (χ1) is 13.3. The fourth-order valence-electron chi connectivity index (χ4n) is 3.42. The average molecular weight is 361 g/mol. The van der Waals surface area contributed by atoms with Crippen molar-refractivity contribution in [2.75, 3.05) is 31.1 Å². The molecule has 0 unspecified atom stereocenters. The Hall–Kier alpha value is -3.08. The van der Waals surface area contributed by atoms with E-state index >= 15 is 0 Å². The molecule has 0 atom stereocenters. The van der Waals surface area contributed by atoms with Crippen LogP contribution in [0.4, 0.5) is 5.69 Å². The van der Waals surface area contributed by atoms with E-state index in [0.717, 1.165) is 43.2 Å². The molecular weight excluding hydrogens is 338 g/mol. The minimum Gasteiger partial charge on any atom is -0.368 e. The second kappa shape index (κ2) is 8.08. The fraction of sp³-hybridized carbons (Fsp3) is 0.273. The summed E-state index contributed by atoms with van der Waals surface area (Å²) in [6.07, 6.45) is 1.03. The number of para-hydroxylation sites is 1. The Kier molecular flexibility index (Phi) is 5.19. The lowest BCUT2D eigenvalue weighted by Crippen LogP contribution is -2.48. The van der Waals surface area contributed by atoms with Gasteiger partial charge in [-0.15, -0.1) is 0 Å². The lowest BCUT2D eigenvalue weighted by atomic mass is 10.1. The SMILES string of the molecule is O=C(CCc1cc(-c2ccccc2)no1)N1CCN(c2ccccc2)CC1. The molecule has 0 N–H and O–H groups in total. The summed E-state index contributed by atoms with van der Waals surface area (Å²) in [5.74, 6) is 0.936. The molecule has 0 radical (unpaired) electrons. The number of amides is 1. The summed E-state index contributed by atoms with van der Waals surface area (Å²) >= 11 is 0. The van der Waals surface area contributed by atoms with Gasteiger partial charge in [-0.05, 0) is 12.1 Å². The minimum atomic E-state index is 0.181. The Balaban J connectivity index is 1.27. The molecule has 5 nitrogen and oxygen atoms in total. The van der Waals surface area contributed by atoms with Crippen LogP contribution in [0.3, 0.4) is 0 Å². The van der Waals surface area contributed by atoms with Crippen LogP contribution >= 0.6 is 0 Å². The molecule has 0 aliphatic carbocycles. The highest BCUT2D eigenvalue weighted by Crippen LogP contribution is 2.20. The number of carbonyl (C=O) groups is 1. The van der Waals surface area contributed by atoms with Gasteiger partial charge in [0.2, 0.25) is 5.91 Å². The van der Waals surface area contributed by atoms with E-state index in [4.69, 9.17) is 4.52 Å². The maximum absolute atomic E-state index is 12.5. The van der Waals surface area contributed by atoms with Crippen molar-refractivity contribution in [1.82, 2.24) is 10.1 Å². The van der Waals surface area contributed by atoms with Crippen molar-refractivity contribution in [1.29, 1.82) is 0 Å². The van der Waals surface area contributed by atoms with Crippen LogP contribution in [0.15, 0.2) is 71.3 Å². The van der Waals surface area contributed by atoms with Crippen molar-refractivity contribution in [3.8, 4) is 11.3 Å². The summed E-state index contributed by atoms with van der Waals surface area (Å²) in [6.45, 7) is 3.27. The molecule has 2 aromatic carbocycles. The summed E-state index contributed by atoms with van der Waals surface area (Å²) in [4.78, 5) is 16.8. The summed E-state index contributed by atoms with van der Waals surface area (Å²) < 4.78 is 5.40. The second-order valence-electron chi connectivity index (χ2n) is 6.75. The zero-order valence-corrected chi connectivity index (χ0v) is 15.3. The van der Waals surface area contributed by atoms with Crippen LogP contribution < -0.4 is 4.90 Å². The van der Waals surface area contributed by atoms with Crippen LogP contribution in [0.25, 0.3) is 11.3 Å². The van der Waals surface area contributed by atoms with E-state index in [2.05, 4.69) is 22.2 Å². The molecule has 0 spiro atoms. The first-order valence-electron chi connectivity index (χ1n) is 9.38. The van der Waals surface area contributed by atoms with Crippen molar-refractivity contribution >= 4 is 11.6 Å². The zero-order valence-electron chi connectivity index (χ0n) is 15.3. The van der Waals surface area contributed by atoms with Crippen molar-refractivity contribution < 1.29 is 9.32 Å². The lowest BCUT2D eigenvalue weighted by Gasteiger charge is -2.36. The molecule has 1 saturated heterocycles. The topological polar surface area (TPSA) is 49.6 Å². The van der Waals surface area contributed by atoms with Gasteiger partial charge in [0.05, 0.1) is 0 Å². The molecule has 1 aliphatic heterocycles. The van der Waals surface area contributed by atoms with Gasteiger partial charge >= 0.3 is 0 Å². The van der Waals surface area contributed by atoms with E-state index in [0.29, 0.717) is 12.8 Å². The third-order valence-corrected chi connectivity index (χ3v) is 4.97. The van der Waals surface area contributed by atoms with Gasteiger partial charge in [-0.25, -0.2) is 0 Å². The second-order valence-corrected chi connectivity index (χ2v) is 6.75. The van der Waals surface area contributed by atoms with Crippen LogP contribution in [0.2, 0.25) is 0 Å². The van der Waals surface area contributed by atoms with E-state index in [1.165, 1.54) is 5.69 Å². The summed E-state index contributed by atoms with van der Waals surface area (Å²) in [6, 6.07) is 22.2. The number of hydrogen-bond donors (Lipinski definition) is 0. The predicted molar refractivity (Wildman–Crippen MR) is 105 cm³/mol. The van der Waals surface area contributed by atoms with Gasteiger partial charge in [0.1, 0.15) is 11.5 Å². The molecule has 1 aliphatic rings. The molecule has 27 heavy (non-hydrogen) atoms. The Morgan fingerprint density at radius 2 is 1.59 bits per heavy atom. The molecule has 138 valence electrons. The normalized spacial score (nSPS) is 14.4. The number of aryl methyl sites for hydroxylation is 1. The van der Waals surface area contributed by atoms with Gasteiger partial charge in [-0.3, -0.25) is 4.79 Å². The molecule has 0 bridgehead atoms. The predicted octanol–water partition coefficient (Wildman–Crippen LogP) is 3.62. The maximum atomic E-state index is 12.5. The van der Waals surface area contributed by atoms with Crippen molar-refractivity contribution in [3.63, 3.8) is 0 Å². The van der Waals surface area contributed by atoms with E-state index in [9.17, 15) is 4.79 Å². The molecule has 4 rings (SSSR count). The summed E-state index contributed by atoms with van der Waals surface area (Å²) in [5.41, 5.74) is 3.06. The summed E-state index contributed by atoms with van der Waals surface area (Å²) in [7, 11) is 0. The van der Waals surface area contributed by atoms with Crippen LogP contribution in [-0.4, -0.2) is 42.1 Å². The molecule has 1 aromatic heterocycles. The van der Waals surface area contributed by atoms with E-state index in [1.807, 2.05) is 59.5 Å². The fourth-order valence-corrected chi connectivity index (χ4v) is 3.42. The van der Waals surface area contributed by atoms with Crippen LogP contribution in [0, 0.1) is 0 Å². The number of carbonyl (C=O) groups excluding carboxylic acids is 1. The standard InChI is InChI=1S/C22H23N3O2/c26-22(25-15-13-24(14-16-25)19-9-5-2-6-10-19)12-11-20-17-21(23-27-20)18-7-3-1-4-8-18/h1-10,17H,11-16H2. The third-order valence-electron chi connectivity index (χ3n) is 4.97. The molecular formula is C22H23N3O2. The van der Waals surface area contributed by atoms with Gasteiger partial charge in [0, 0.05) is 56.3 Å². The molecule has 2 heterocycles. The summed E-state index contributed by atoms with van der Waals surface area (Å²) in [5, 5.41) is 4.11. The quantitative estimate of drug-likeness (QED) is 0.696. The van der Waals surface area contributed by atoms with E-state index < -0.39 is 0 Å². The molecule has 3 aromatic rings. The average Bonchev–Trinajstić information content (AvgIpc) is 3.22. The number of piperazine rings is 1. The van der Waals surface area contributed by atoms with Crippen LogP contribution in [-0.2, 0) is 11.2 Å². The molecule has 1 amide bonds. The third kappa shape index (κ3) is 4.19. The zero-order chi connectivity index (χ0) is 18.5. The van der Waals surface area contributed by atoms with Crippen molar-refractivity contribution in [2.45, 2.75) is 12.8 Å². The minimum absolute atomic E-state index is 0.181. The van der Waals surface area contributed by atoms with Crippen molar-refractivity contribution in [3.05, 3.63) is 72.5 Å². The number of hydrogen-bond acceptors (Lipinski definition) is 4. The van der Waals surface area contributed by atoms with Gasteiger partial charge in [-0.2, -0.15) is 0 Å². The van der Waals surface area contributed by atoms with Crippen LogP contribution in [0.1, 0.15) is 12.2 Å². The highest BCUT2D eigenvalue weighted by Gasteiger charge is 2.21. The Labute approximate surface area is 159 Å². The lowest BCUT2D eigenvalue weighted by molar-refractivity contribution is -0.131. The van der Waals surface area contributed by atoms with Crippen molar-refractivity contribution in [2.24, 2.45) is 0 Å². The maximum Gasteiger partial charge on any atom is 0.223 e. The molecule has 0 saturated carbocycles. The first-order valence-corrected chi connectivity index (χ1v) is 9.38. The van der Waals surface area contributed by atoms with Crippen LogP contribution in [0.5, 0.6) is 0 Å². The monoisotopic (exact) mass is 361 g/mol. The highest BCUT2D eigenvalue weighted by molar-refractivity contribution is 5.76.